The predicted molar refractivity (Wildman–Crippen MR) is 131 cm³/mol. The Morgan fingerprint density at radius 2 is 1.97 bits per heavy atom. The van der Waals surface area contributed by atoms with E-state index < -0.39 is 0 Å². The molecule has 1 saturated carbocycles. The van der Waals surface area contributed by atoms with Crippen molar-refractivity contribution in [2.24, 2.45) is 5.92 Å². The Balaban J connectivity index is 1.34. The van der Waals surface area contributed by atoms with Gasteiger partial charge < -0.3 is 9.88 Å². The first-order valence-corrected chi connectivity index (χ1v) is 12.7. The molecule has 34 heavy (non-hydrogen) atoms. The van der Waals surface area contributed by atoms with Crippen molar-refractivity contribution in [2.75, 3.05) is 13.1 Å². The highest BCUT2D eigenvalue weighted by Crippen LogP contribution is 2.30. The van der Waals surface area contributed by atoms with Gasteiger partial charge in [0, 0.05) is 25.4 Å². The molecule has 180 valence electrons. The molecule has 1 aromatic carbocycles. The molecule has 0 spiro atoms. The molecule has 3 heterocycles. The summed E-state index contributed by atoms with van der Waals surface area (Å²) >= 11 is 0. The topological polar surface area (TPSA) is 96.8 Å². The standard InChI is InChI=1S/C26H34N6O2/c1-17-9-10-18(2)21(14-17)16-32-25-23(29-30-32)26(34)28-24(27-25)20-8-5-13-31(15-20)22(33)12-11-19-6-3-4-7-19/h9-10,14,19-20H,3-8,11-13,15-16H2,1-2H3,(H,27,28,34). The lowest BCUT2D eigenvalue weighted by molar-refractivity contribution is -0.132. The van der Waals surface area contributed by atoms with Crippen molar-refractivity contribution < 1.29 is 4.79 Å². The van der Waals surface area contributed by atoms with Gasteiger partial charge in [-0.1, -0.05) is 54.7 Å². The zero-order chi connectivity index (χ0) is 23.7. The summed E-state index contributed by atoms with van der Waals surface area (Å²) in [7, 11) is 0. The summed E-state index contributed by atoms with van der Waals surface area (Å²) in [6, 6.07) is 6.31. The number of H-pyrrole nitrogens is 1. The van der Waals surface area contributed by atoms with Crippen molar-refractivity contribution in [3.63, 3.8) is 0 Å². The SMILES string of the molecule is Cc1ccc(C)c(Cn2nnc3c(=O)[nH]c(C4CCCN(C(=O)CCC5CCCC5)C4)nc32)c1. The van der Waals surface area contributed by atoms with Gasteiger partial charge in [0.15, 0.2) is 11.2 Å². The minimum atomic E-state index is -0.267. The largest absolute Gasteiger partial charge is 0.342 e. The van der Waals surface area contributed by atoms with Gasteiger partial charge in [-0.3, -0.25) is 9.59 Å². The maximum absolute atomic E-state index is 12.9. The van der Waals surface area contributed by atoms with Crippen LogP contribution < -0.4 is 5.56 Å². The Bertz CT molecular complexity index is 1240. The number of carbonyl (C=O) groups excluding carboxylic acids is 1. The maximum atomic E-state index is 12.9. The fourth-order valence-electron chi connectivity index (χ4n) is 5.53. The van der Waals surface area contributed by atoms with E-state index in [1.165, 1.54) is 36.8 Å². The predicted octanol–water partition coefficient (Wildman–Crippen LogP) is 3.86. The maximum Gasteiger partial charge on any atom is 0.281 e. The van der Waals surface area contributed by atoms with Gasteiger partial charge >= 0.3 is 0 Å². The van der Waals surface area contributed by atoms with E-state index >= 15 is 0 Å². The fraction of sp³-hybridized carbons (Fsp3) is 0.577. The number of amides is 1. The van der Waals surface area contributed by atoms with Crippen molar-refractivity contribution in [3.8, 4) is 0 Å². The average molecular weight is 463 g/mol. The Morgan fingerprint density at radius 3 is 2.79 bits per heavy atom. The van der Waals surface area contributed by atoms with E-state index in [4.69, 9.17) is 4.98 Å². The Morgan fingerprint density at radius 1 is 1.15 bits per heavy atom. The molecule has 5 rings (SSSR count). The first-order valence-electron chi connectivity index (χ1n) is 12.7. The van der Waals surface area contributed by atoms with Crippen LogP contribution in [0, 0.1) is 19.8 Å². The van der Waals surface area contributed by atoms with Crippen molar-refractivity contribution in [1.82, 2.24) is 29.9 Å². The number of hydrogen-bond donors (Lipinski definition) is 1. The lowest BCUT2D eigenvalue weighted by Gasteiger charge is -2.32. The third kappa shape index (κ3) is 4.76. The van der Waals surface area contributed by atoms with Crippen LogP contribution in [0.15, 0.2) is 23.0 Å². The summed E-state index contributed by atoms with van der Waals surface area (Å²) < 4.78 is 1.71. The number of likely N-dealkylation sites (tertiary alicyclic amines) is 1. The van der Waals surface area contributed by atoms with Crippen molar-refractivity contribution in [2.45, 2.75) is 77.7 Å². The molecule has 8 nitrogen and oxygen atoms in total. The van der Waals surface area contributed by atoms with Gasteiger partial charge in [-0.2, -0.15) is 0 Å². The second-order valence-electron chi connectivity index (χ2n) is 10.2. The van der Waals surface area contributed by atoms with E-state index in [1.807, 2.05) is 4.90 Å². The Hall–Kier alpha value is -3.03. The highest BCUT2D eigenvalue weighted by Gasteiger charge is 2.28. The molecule has 1 amide bonds. The molecule has 2 fully saturated rings. The van der Waals surface area contributed by atoms with Crippen LogP contribution in [-0.2, 0) is 11.3 Å². The summed E-state index contributed by atoms with van der Waals surface area (Å²) in [4.78, 5) is 35.4. The van der Waals surface area contributed by atoms with Crippen LogP contribution in [0.25, 0.3) is 11.2 Å². The number of aromatic nitrogens is 5. The minimum absolute atomic E-state index is 0.0188. The number of nitrogens with zero attached hydrogens (tertiary/aromatic N) is 5. The molecular weight excluding hydrogens is 428 g/mol. The van der Waals surface area contributed by atoms with Crippen LogP contribution in [0.1, 0.15) is 79.8 Å². The average Bonchev–Trinajstić information content (AvgIpc) is 3.50. The minimum Gasteiger partial charge on any atom is -0.342 e. The van der Waals surface area contributed by atoms with E-state index in [9.17, 15) is 9.59 Å². The van der Waals surface area contributed by atoms with Crippen molar-refractivity contribution in [3.05, 3.63) is 51.1 Å². The highest BCUT2D eigenvalue weighted by molar-refractivity contribution is 5.76. The summed E-state index contributed by atoms with van der Waals surface area (Å²) in [6.45, 7) is 6.04. The van der Waals surface area contributed by atoms with E-state index in [0.29, 0.717) is 31.0 Å². The van der Waals surface area contributed by atoms with Crippen LogP contribution in [0.2, 0.25) is 0 Å². The molecule has 1 saturated heterocycles. The van der Waals surface area contributed by atoms with E-state index in [1.54, 1.807) is 4.68 Å². The number of aromatic amines is 1. The van der Waals surface area contributed by atoms with Crippen LogP contribution >= 0.6 is 0 Å². The zero-order valence-corrected chi connectivity index (χ0v) is 20.2. The van der Waals surface area contributed by atoms with Gasteiger partial charge in [-0.15, -0.1) is 5.10 Å². The molecule has 1 atom stereocenters. The number of piperidine rings is 1. The van der Waals surface area contributed by atoms with Gasteiger partial charge in [0.1, 0.15) is 5.82 Å². The zero-order valence-electron chi connectivity index (χ0n) is 20.2. The number of carbonyl (C=O) groups is 1. The van der Waals surface area contributed by atoms with E-state index in [-0.39, 0.29) is 22.9 Å². The first kappa shape index (κ1) is 22.7. The molecule has 2 aromatic heterocycles. The molecule has 1 N–H and O–H groups in total. The second-order valence-corrected chi connectivity index (χ2v) is 10.2. The number of fused-ring (bicyclic) bond motifs is 1. The van der Waals surface area contributed by atoms with Gasteiger partial charge in [-0.05, 0) is 50.2 Å². The van der Waals surface area contributed by atoms with Crippen LogP contribution in [0.4, 0.5) is 0 Å². The van der Waals surface area contributed by atoms with Crippen LogP contribution in [-0.4, -0.2) is 48.9 Å². The lowest BCUT2D eigenvalue weighted by Crippen LogP contribution is -2.40. The third-order valence-corrected chi connectivity index (χ3v) is 7.62. The molecule has 2 aliphatic rings. The number of nitrogens with one attached hydrogen (secondary N) is 1. The summed E-state index contributed by atoms with van der Waals surface area (Å²) in [5.74, 6) is 1.61. The monoisotopic (exact) mass is 462 g/mol. The molecule has 1 aliphatic carbocycles. The number of aryl methyl sites for hydroxylation is 2. The smallest absolute Gasteiger partial charge is 0.281 e. The van der Waals surface area contributed by atoms with Gasteiger partial charge in [0.2, 0.25) is 5.91 Å². The molecule has 1 unspecified atom stereocenters. The quantitative estimate of drug-likeness (QED) is 0.600. The van der Waals surface area contributed by atoms with E-state index in [2.05, 4.69) is 47.3 Å². The van der Waals surface area contributed by atoms with Gasteiger partial charge in [0.05, 0.1) is 6.54 Å². The fourth-order valence-corrected chi connectivity index (χ4v) is 5.53. The Labute approximate surface area is 199 Å². The normalized spacial score (nSPS) is 19.2. The summed E-state index contributed by atoms with van der Waals surface area (Å²) in [5, 5.41) is 8.33. The van der Waals surface area contributed by atoms with Crippen LogP contribution in [0.5, 0.6) is 0 Å². The second kappa shape index (κ2) is 9.68. The summed E-state index contributed by atoms with van der Waals surface area (Å²) in [5.41, 5.74) is 3.97. The van der Waals surface area contributed by atoms with Gasteiger partial charge in [-0.25, -0.2) is 9.67 Å². The van der Waals surface area contributed by atoms with E-state index in [0.717, 1.165) is 37.3 Å². The molecule has 1 aliphatic heterocycles. The number of benzene rings is 1. The van der Waals surface area contributed by atoms with Gasteiger partial charge in [0.25, 0.3) is 5.56 Å². The molecule has 0 bridgehead atoms. The number of rotatable bonds is 6. The number of hydrogen-bond acceptors (Lipinski definition) is 5. The molecular formula is C26H34N6O2. The molecule has 8 heteroatoms. The van der Waals surface area contributed by atoms with Crippen LogP contribution in [0.3, 0.4) is 0 Å². The van der Waals surface area contributed by atoms with Crippen molar-refractivity contribution in [1.29, 1.82) is 0 Å². The van der Waals surface area contributed by atoms with Crippen molar-refractivity contribution >= 4 is 17.1 Å². The lowest BCUT2D eigenvalue weighted by atomic mass is 9.96. The third-order valence-electron chi connectivity index (χ3n) is 7.62. The molecule has 3 aromatic rings. The highest BCUT2D eigenvalue weighted by atomic mass is 16.2. The summed E-state index contributed by atoms with van der Waals surface area (Å²) in [6.07, 6.45) is 8.61. The molecule has 0 radical (unpaired) electrons. The Kier molecular flexibility index (Phi) is 6.48. The first-order chi connectivity index (χ1) is 16.5.